The third kappa shape index (κ3) is 3.41. The van der Waals surface area contributed by atoms with Crippen molar-refractivity contribution in [3.63, 3.8) is 0 Å². The lowest BCUT2D eigenvalue weighted by molar-refractivity contribution is 0.0992. The van der Waals surface area contributed by atoms with Gasteiger partial charge in [0, 0.05) is 30.7 Å². The molecule has 0 aromatic heterocycles. The number of rotatable bonds is 1. The van der Waals surface area contributed by atoms with E-state index >= 15 is 0 Å². The van der Waals surface area contributed by atoms with Crippen LogP contribution in [0.5, 0.6) is 0 Å². The molecule has 0 spiro atoms. The highest BCUT2D eigenvalue weighted by Crippen LogP contribution is 2.21. The molecule has 1 heterocycles. The zero-order valence-corrected chi connectivity index (χ0v) is 12.7. The van der Waals surface area contributed by atoms with Gasteiger partial charge in [0.2, 0.25) is 0 Å². The van der Waals surface area contributed by atoms with Gasteiger partial charge in [-0.1, -0.05) is 12.1 Å². The van der Waals surface area contributed by atoms with Crippen LogP contribution in [0.25, 0.3) is 0 Å². The summed E-state index contributed by atoms with van der Waals surface area (Å²) in [5, 5.41) is 2.84. The standard InChI is InChI=1S/C13H16BrN3O3/c1-20-13(19)17-8-6-16(7-9-17)12(18)15-11-5-3-2-4-10(11)14/h2-5H,6-9H2,1H3,(H,15,18). The Morgan fingerprint density at radius 3 is 2.35 bits per heavy atom. The second-order valence-electron chi connectivity index (χ2n) is 4.35. The number of nitrogens with one attached hydrogen (secondary N) is 1. The number of methoxy groups -OCH3 is 1. The molecule has 6 nitrogen and oxygen atoms in total. The van der Waals surface area contributed by atoms with E-state index in [1.165, 1.54) is 7.11 Å². The Balaban J connectivity index is 1.89. The number of halogens is 1. The Bertz CT molecular complexity index is 501. The lowest BCUT2D eigenvalue weighted by Gasteiger charge is -2.33. The Morgan fingerprint density at radius 1 is 1.15 bits per heavy atom. The molecular formula is C13H16BrN3O3. The normalized spacial score (nSPS) is 14.9. The third-order valence-corrected chi connectivity index (χ3v) is 3.81. The highest BCUT2D eigenvalue weighted by atomic mass is 79.9. The average molecular weight is 342 g/mol. The van der Waals surface area contributed by atoms with Gasteiger partial charge in [-0.2, -0.15) is 0 Å². The summed E-state index contributed by atoms with van der Waals surface area (Å²) in [6.07, 6.45) is -0.351. The Hall–Kier alpha value is -1.76. The van der Waals surface area contributed by atoms with Crippen molar-refractivity contribution in [1.29, 1.82) is 0 Å². The molecule has 1 aromatic carbocycles. The molecule has 3 amide bonds. The first kappa shape index (κ1) is 14.6. The molecule has 1 aliphatic rings. The van der Waals surface area contributed by atoms with Gasteiger partial charge in [0.1, 0.15) is 0 Å². The van der Waals surface area contributed by atoms with Crippen molar-refractivity contribution in [3.8, 4) is 0 Å². The molecule has 0 atom stereocenters. The summed E-state index contributed by atoms with van der Waals surface area (Å²) >= 11 is 3.38. The fraction of sp³-hybridized carbons (Fsp3) is 0.385. The number of urea groups is 1. The fourth-order valence-corrected chi connectivity index (χ4v) is 2.36. The number of hydrogen-bond acceptors (Lipinski definition) is 3. The summed E-state index contributed by atoms with van der Waals surface area (Å²) in [5.74, 6) is 0. The Kier molecular flexibility index (Phi) is 4.84. The second-order valence-corrected chi connectivity index (χ2v) is 5.21. The first-order valence-electron chi connectivity index (χ1n) is 6.25. The lowest BCUT2D eigenvalue weighted by atomic mass is 10.3. The van der Waals surface area contributed by atoms with Crippen molar-refractivity contribution in [2.24, 2.45) is 0 Å². The van der Waals surface area contributed by atoms with Crippen LogP contribution in [0.1, 0.15) is 0 Å². The molecule has 7 heteroatoms. The third-order valence-electron chi connectivity index (χ3n) is 3.12. The maximum absolute atomic E-state index is 12.1. The van der Waals surface area contributed by atoms with Gasteiger partial charge >= 0.3 is 12.1 Å². The highest BCUT2D eigenvalue weighted by molar-refractivity contribution is 9.10. The van der Waals surface area contributed by atoms with E-state index < -0.39 is 0 Å². The number of amides is 3. The lowest BCUT2D eigenvalue weighted by Crippen LogP contribution is -2.51. The van der Waals surface area contributed by atoms with Crippen molar-refractivity contribution in [2.45, 2.75) is 0 Å². The summed E-state index contributed by atoms with van der Waals surface area (Å²) in [6.45, 7) is 1.95. The molecule has 1 saturated heterocycles. The van der Waals surface area contributed by atoms with Gasteiger partial charge in [0.05, 0.1) is 12.8 Å². The minimum absolute atomic E-state index is 0.165. The minimum Gasteiger partial charge on any atom is -0.453 e. The van der Waals surface area contributed by atoms with E-state index in [1.807, 2.05) is 24.3 Å². The van der Waals surface area contributed by atoms with E-state index in [1.54, 1.807) is 9.80 Å². The topological polar surface area (TPSA) is 61.9 Å². The van der Waals surface area contributed by atoms with E-state index in [4.69, 9.17) is 0 Å². The summed E-state index contributed by atoms with van der Waals surface area (Å²) in [7, 11) is 1.36. The zero-order valence-electron chi connectivity index (χ0n) is 11.1. The van der Waals surface area contributed by atoms with Crippen LogP contribution in [-0.4, -0.2) is 55.2 Å². The summed E-state index contributed by atoms with van der Waals surface area (Å²) < 4.78 is 5.49. The smallest absolute Gasteiger partial charge is 0.409 e. The van der Waals surface area contributed by atoms with E-state index in [2.05, 4.69) is 26.0 Å². The highest BCUT2D eigenvalue weighted by Gasteiger charge is 2.24. The van der Waals surface area contributed by atoms with Crippen LogP contribution in [-0.2, 0) is 4.74 Å². The Labute approximate surface area is 125 Å². The van der Waals surface area contributed by atoms with E-state index in [0.29, 0.717) is 26.2 Å². The van der Waals surface area contributed by atoms with Crippen LogP contribution >= 0.6 is 15.9 Å². The first-order chi connectivity index (χ1) is 9.61. The Morgan fingerprint density at radius 2 is 1.75 bits per heavy atom. The van der Waals surface area contributed by atoms with Gasteiger partial charge < -0.3 is 19.9 Å². The number of para-hydroxylation sites is 1. The van der Waals surface area contributed by atoms with Crippen molar-refractivity contribution >= 4 is 33.7 Å². The van der Waals surface area contributed by atoms with Gasteiger partial charge in [-0.3, -0.25) is 0 Å². The molecule has 1 N–H and O–H groups in total. The van der Waals surface area contributed by atoms with Crippen LogP contribution in [0, 0.1) is 0 Å². The number of carbonyl (C=O) groups is 2. The largest absolute Gasteiger partial charge is 0.453 e. The molecule has 1 aliphatic heterocycles. The molecule has 1 aromatic rings. The van der Waals surface area contributed by atoms with Crippen molar-refractivity contribution in [2.75, 3.05) is 38.6 Å². The van der Waals surface area contributed by atoms with Crippen LogP contribution in [0.15, 0.2) is 28.7 Å². The first-order valence-corrected chi connectivity index (χ1v) is 7.04. The predicted molar refractivity (Wildman–Crippen MR) is 78.7 cm³/mol. The van der Waals surface area contributed by atoms with Crippen LogP contribution in [0.4, 0.5) is 15.3 Å². The maximum Gasteiger partial charge on any atom is 0.409 e. The molecule has 0 aliphatic carbocycles. The number of nitrogens with zero attached hydrogens (tertiary/aromatic N) is 2. The average Bonchev–Trinajstić information content (AvgIpc) is 2.49. The van der Waals surface area contributed by atoms with Gasteiger partial charge in [-0.05, 0) is 28.1 Å². The van der Waals surface area contributed by atoms with Crippen molar-refractivity contribution in [1.82, 2.24) is 9.80 Å². The van der Waals surface area contributed by atoms with Crippen LogP contribution < -0.4 is 5.32 Å². The van der Waals surface area contributed by atoms with Gasteiger partial charge in [0.15, 0.2) is 0 Å². The zero-order chi connectivity index (χ0) is 14.5. The van der Waals surface area contributed by atoms with E-state index in [0.717, 1.165) is 10.2 Å². The minimum atomic E-state index is -0.351. The number of ether oxygens (including phenoxy) is 1. The predicted octanol–water partition coefficient (Wildman–Crippen LogP) is 2.37. The SMILES string of the molecule is COC(=O)N1CCN(C(=O)Nc2ccccc2Br)CC1. The molecule has 0 radical (unpaired) electrons. The van der Waals surface area contributed by atoms with Gasteiger partial charge in [-0.25, -0.2) is 9.59 Å². The monoisotopic (exact) mass is 341 g/mol. The second kappa shape index (κ2) is 6.60. The summed E-state index contributed by atoms with van der Waals surface area (Å²) in [4.78, 5) is 26.7. The molecule has 0 saturated carbocycles. The molecule has 20 heavy (non-hydrogen) atoms. The van der Waals surface area contributed by atoms with Crippen LogP contribution in [0.3, 0.4) is 0 Å². The summed E-state index contributed by atoms with van der Waals surface area (Å²) in [5.41, 5.74) is 0.730. The number of hydrogen-bond donors (Lipinski definition) is 1. The fourth-order valence-electron chi connectivity index (χ4n) is 1.98. The molecule has 108 valence electrons. The maximum atomic E-state index is 12.1. The number of piperazine rings is 1. The molecule has 2 rings (SSSR count). The number of anilines is 1. The molecule has 1 fully saturated rings. The van der Waals surface area contributed by atoms with Crippen molar-refractivity contribution in [3.05, 3.63) is 28.7 Å². The summed E-state index contributed by atoms with van der Waals surface area (Å²) in [6, 6.07) is 7.27. The molecule has 0 unspecified atom stereocenters. The van der Waals surface area contributed by atoms with Gasteiger partial charge in [-0.15, -0.1) is 0 Å². The number of carbonyl (C=O) groups excluding carboxylic acids is 2. The molecule has 0 bridgehead atoms. The molecular weight excluding hydrogens is 326 g/mol. The van der Waals surface area contributed by atoms with E-state index in [9.17, 15) is 9.59 Å². The van der Waals surface area contributed by atoms with Crippen molar-refractivity contribution < 1.29 is 14.3 Å². The number of benzene rings is 1. The van der Waals surface area contributed by atoms with Gasteiger partial charge in [0.25, 0.3) is 0 Å². The van der Waals surface area contributed by atoms with E-state index in [-0.39, 0.29) is 12.1 Å². The van der Waals surface area contributed by atoms with Crippen LogP contribution in [0.2, 0.25) is 0 Å². The quantitative estimate of drug-likeness (QED) is 0.852.